The van der Waals surface area contributed by atoms with Crippen molar-refractivity contribution in [3.63, 3.8) is 0 Å². The summed E-state index contributed by atoms with van der Waals surface area (Å²) < 4.78 is 17.5. The molecule has 0 aliphatic carbocycles. The average Bonchev–Trinajstić information content (AvgIpc) is 3.44. The van der Waals surface area contributed by atoms with Gasteiger partial charge in [0.1, 0.15) is 5.82 Å². The van der Waals surface area contributed by atoms with Crippen LogP contribution in [0.1, 0.15) is 42.4 Å². The van der Waals surface area contributed by atoms with E-state index in [2.05, 4.69) is 33.5 Å². The van der Waals surface area contributed by atoms with Crippen LogP contribution >= 0.6 is 11.5 Å². The molecule has 168 valence electrons. The van der Waals surface area contributed by atoms with E-state index in [0.29, 0.717) is 19.6 Å². The van der Waals surface area contributed by atoms with Gasteiger partial charge < -0.3 is 9.80 Å². The summed E-state index contributed by atoms with van der Waals surface area (Å²) in [5.41, 5.74) is 1.98. The molecule has 8 heteroatoms. The molecule has 2 atom stereocenters. The Labute approximate surface area is 188 Å². The summed E-state index contributed by atoms with van der Waals surface area (Å²) in [6, 6.07) is 6.66. The lowest BCUT2D eigenvalue weighted by Crippen LogP contribution is -2.43. The van der Waals surface area contributed by atoms with Gasteiger partial charge >= 0.3 is 0 Å². The first-order chi connectivity index (χ1) is 15.0. The van der Waals surface area contributed by atoms with Gasteiger partial charge in [-0.15, -0.1) is 5.10 Å². The van der Waals surface area contributed by atoms with Crippen molar-refractivity contribution >= 4 is 17.4 Å². The van der Waals surface area contributed by atoms with Crippen LogP contribution in [0.15, 0.2) is 29.6 Å². The Morgan fingerprint density at radius 3 is 2.52 bits per heavy atom. The molecule has 2 fully saturated rings. The predicted octanol–water partition coefficient (Wildman–Crippen LogP) is 3.05. The monoisotopic (exact) mass is 445 g/mol. The van der Waals surface area contributed by atoms with Crippen molar-refractivity contribution in [1.29, 1.82) is 0 Å². The van der Waals surface area contributed by atoms with Crippen molar-refractivity contribution in [3.05, 3.63) is 46.7 Å². The van der Waals surface area contributed by atoms with E-state index in [0.717, 1.165) is 36.8 Å². The third kappa shape index (κ3) is 5.67. The molecule has 0 radical (unpaired) electrons. The number of rotatable bonds is 7. The molecule has 2 aliphatic heterocycles. The highest BCUT2D eigenvalue weighted by Gasteiger charge is 2.38. The van der Waals surface area contributed by atoms with Crippen molar-refractivity contribution in [1.82, 2.24) is 24.3 Å². The lowest BCUT2D eigenvalue weighted by molar-refractivity contribution is -0.131. The second-order valence-electron chi connectivity index (χ2n) is 9.20. The molecule has 31 heavy (non-hydrogen) atoms. The fraction of sp³-hybridized carbons (Fsp3) is 0.609. The fourth-order valence-electron chi connectivity index (χ4n) is 4.85. The number of likely N-dealkylation sites (tertiary alicyclic amines) is 2. The number of halogens is 1. The highest BCUT2D eigenvalue weighted by Crippen LogP contribution is 2.39. The van der Waals surface area contributed by atoms with Crippen molar-refractivity contribution < 1.29 is 9.18 Å². The molecule has 2 aromatic rings. The van der Waals surface area contributed by atoms with Gasteiger partial charge in [-0.25, -0.2) is 4.39 Å². The van der Waals surface area contributed by atoms with Crippen LogP contribution < -0.4 is 0 Å². The Kier molecular flexibility index (Phi) is 7.30. The summed E-state index contributed by atoms with van der Waals surface area (Å²) in [5, 5.41) is 6.25. The molecule has 0 N–H and O–H groups in total. The third-order valence-corrected chi connectivity index (χ3v) is 7.30. The molecule has 0 saturated carbocycles. The quantitative estimate of drug-likeness (QED) is 0.656. The van der Waals surface area contributed by atoms with Gasteiger partial charge in [0.15, 0.2) is 0 Å². The van der Waals surface area contributed by atoms with E-state index in [1.54, 1.807) is 0 Å². The zero-order valence-corrected chi connectivity index (χ0v) is 19.2. The summed E-state index contributed by atoms with van der Waals surface area (Å²) in [4.78, 5) is 19.7. The van der Waals surface area contributed by atoms with Gasteiger partial charge in [0, 0.05) is 30.3 Å². The second-order valence-corrected chi connectivity index (χ2v) is 9.81. The zero-order chi connectivity index (χ0) is 21.8. The number of carbonyl (C=O) groups is 1. The number of benzene rings is 1. The van der Waals surface area contributed by atoms with Gasteiger partial charge in [0.2, 0.25) is 5.91 Å². The fourth-order valence-corrected chi connectivity index (χ4v) is 5.37. The van der Waals surface area contributed by atoms with Crippen LogP contribution in [0, 0.1) is 11.7 Å². The van der Waals surface area contributed by atoms with E-state index in [4.69, 9.17) is 0 Å². The van der Waals surface area contributed by atoms with Crippen molar-refractivity contribution in [2.75, 3.05) is 53.4 Å². The molecule has 1 aromatic heterocycles. The lowest BCUT2D eigenvalue weighted by Gasteiger charge is -2.33. The first kappa shape index (κ1) is 22.3. The number of amides is 1. The second kappa shape index (κ2) is 10.1. The molecular formula is C23H32FN5OS. The highest BCUT2D eigenvalue weighted by molar-refractivity contribution is 7.03. The molecule has 0 unspecified atom stereocenters. The number of aromatic nitrogens is 2. The van der Waals surface area contributed by atoms with Gasteiger partial charge in [0.05, 0.1) is 12.2 Å². The Hall–Kier alpha value is -1.90. The Morgan fingerprint density at radius 1 is 1.16 bits per heavy atom. The largest absolute Gasteiger partial charge is 0.340 e. The van der Waals surface area contributed by atoms with Crippen LogP contribution in [0.3, 0.4) is 0 Å². The summed E-state index contributed by atoms with van der Waals surface area (Å²) >= 11 is 1.33. The Morgan fingerprint density at radius 2 is 1.87 bits per heavy atom. The molecule has 1 amide bonds. The maximum Gasteiger partial charge on any atom is 0.236 e. The van der Waals surface area contributed by atoms with Crippen LogP contribution in [0.4, 0.5) is 4.39 Å². The molecular weight excluding hydrogens is 413 g/mol. The SMILES string of the molecule is CN(C)CCC1CCN(CC(=O)N2C[C@@H](c3ccc(F)cc3)[C@H](c3csnn3)C2)CC1. The van der Waals surface area contributed by atoms with Crippen molar-refractivity contribution in [2.45, 2.75) is 31.1 Å². The summed E-state index contributed by atoms with van der Waals surface area (Å²) in [6.07, 6.45) is 3.59. The van der Waals surface area contributed by atoms with Gasteiger partial charge in [-0.1, -0.05) is 16.6 Å². The first-order valence-electron chi connectivity index (χ1n) is 11.2. The number of carbonyl (C=O) groups excluding carboxylic acids is 1. The number of hydrogen-bond acceptors (Lipinski definition) is 6. The molecule has 1 aromatic carbocycles. The van der Waals surface area contributed by atoms with E-state index in [1.807, 2.05) is 22.4 Å². The van der Waals surface area contributed by atoms with Crippen molar-refractivity contribution in [2.24, 2.45) is 5.92 Å². The lowest BCUT2D eigenvalue weighted by atomic mass is 9.87. The molecule has 0 spiro atoms. The smallest absolute Gasteiger partial charge is 0.236 e. The normalized spacial score (nSPS) is 23.0. The number of nitrogens with zero attached hydrogens (tertiary/aromatic N) is 5. The molecule has 3 heterocycles. The van der Waals surface area contributed by atoms with Gasteiger partial charge in [0.25, 0.3) is 0 Å². The van der Waals surface area contributed by atoms with E-state index in [9.17, 15) is 9.18 Å². The molecule has 4 rings (SSSR count). The van der Waals surface area contributed by atoms with Crippen LogP contribution in [-0.4, -0.2) is 83.6 Å². The summed E-state index contributed by atoms with van der Waals surface area (Å²) in [6.45, 7) is 4.90. The van der Waals surface area contributed by atoms with Crippen LogP contribution in [0.2, 0.25) is 0 Å². The minimum atomic E-state index is -0.240. The van der Waals surface area contributed by atoms with Crippen LogP contribution in [0.5, 0.6) is 0 Å². The maximum atomic E-state index is 13.4. The van der Waals surface area contributed by atoms with Gasteiger partial charge in [-0.3, -0.25) is 9.69 Å². The zero-order valence-electron chi connectivity index (χ0n) is 18.4. The minimum Gasteiger partial charge on any atom is -0.340 e. The summed E-state index contributed by atoms with van der Waals surface area (Å²) in [5.74, 6) is 0.931. The van der Waals surface area contributed by atoms with Gasteiger partial charge in [-0.2, -0.15) is 0 Å². The number of hydrogen-bond donors (Lipinski definition) is 0. The van der Waals surface area contributed by atoms with Crippen molar-refractivity contribution in [3.8, 4) is 0 Å². The van der Waals surface area contributed by atoms with E-state index in [1.165, 1.54) is 42.9 Å². The third-order valence-electron chi connectivity index (χ3n) is 6.78. The molecule has 0 bridgehead atoms. The topological polar surface area (TPSA) is 52.6 Å². The average molecular weight is 446 g/mol. The first-order valence-corrected chi connectivity index (χ1v) is 12.0. The van der Waals surface area contributed by atoms with E-state index >= 15 is 0 Å². The molecule has 6 nitrogen and oxygen atoms in total. The maximum absolute atomic E-state index is 13.4. The van der Waals surface area contributed by atoms with Crippen LogP contribution in [-0.2, 0) is 4.79 Å². The Balaban J connectivity index is 1.36. The number of piperidine rings is 1. The van der Waals surface area contributed by atoms with E-state index in [-0.39, 0.29) is 23.6 Å². The molecule has 2 saturated heterocycles. The van der Waals surface area contributed by atoms with E-state index < -0.39 is 0 Å². The van der Waals surface area contributed by atoms with Gasteiger partial charge in [-0.05, 0) is 88.1 Å². The standard InChI is InChI=1S/C23H32FN5OS/c1-27(2)10-7-17-8-11-28(12-9-17)15-23(30)29-13-20(18-3-5-19(24)6-4-18)21(14-29)22-16-31-26-25-22/h3-6,16-17,20-21H,7-15H2,1-2H3/t20-,21+/m0/s1. The predicted molar refractivity (Wildman–Crippen MR) is 121 cm³/mol. The minimum absolute atomic E-state index is 0.102. The Bertz CT molecular complexity index is 836. The van der Waals surface area contributed by atoms with Crippen LogP contribution in [0.25, 0.3) is 0 Å². The highest BCUT2D eigenvalue weighted by atomic mass is 32.1. The molecule has 2 aliphatic rings. The summed E-state index contributed by atoms with van der Waals surface area (Å²) in [7, 11) is 4.25.